The second-order valence-corrected chi connectivity index (χ2v) is 4.25. The second-order valence-electron chi connectivity index (χ2n) is 3.84. The van der Waals surface area contributed by atoms with Gasteiger partial charge in [0.15, 0.2) is 0 Å². The van der Waals surface area contributed by atoms with Crippen LogP contribution in [0.15, 0.2) is 42.7 Å². The van der Waals surface area contributed by atoms with Crippen LogP contribution in [0.3, 0.4) is 0 Å². The van der Waals surface area contributed by atoms with E-state index in [0.29, 0.717) is 0 Å². The van der Waals surface area contributed by atoms with Crippen LogP contribution in [0.2, 0.25) is 5.02 Å². The van der Waals surface area contributed by atoms with Crippen molar-refractivity contribution in [2.24, 2.45) is 0 Å². The third-order valence-corrected chi connectivity index (χ3v) is 2.99. The first-order valence-electron chi connectivity index (χ1n) is 5.37. The Morgan fingerprint density at radius 1 is 1.31 bits per heavy atom. The maximum absolute atomic E-state index is 6.13. The number of halogens is 1. The molecular formula is C13H15ClN2. The van der Waals surface area contributed by atoms with Crippen LogP contribution in [-0.4, -0.2) is 4.98 Å². The molecule has 3 heteroatoms. The van der Waals surface area contributed by atoms with Gasteiger partial charge in [-0.25, -0.2) is 0 Å². The second kappa shape index (κ2) is 5.19. The number of hydrogen-bond donors (Lipinski definition) is 2. The molecule has 0 saturated heterocycles. The summed E-state index contributed by atoms with van der Waals surface area (Å²) >= 11 is 6.13. The molecule has 0 bridgehead atoms. The minimum absolute atomic E-state index is 0.253. The standard InChI is InChI=1S/C13H15ClN2/c1-10(12-4-2-3-5-13(12)14)16-9-11-6-7-15-8-11/h2-8,10,15-16H,9H2,1H3/t10-/m0/s1. The molecular weight excluding hydrogens is 220 g/mol. The Morgan fingerprint density at radius 2 is 2.12 bits per heavy atom. The van der Waals surface area contributed by atoms with Crippen molar-refractivity contribution in [2.75, 3.05) is 0 Å². The maximum Gasteiger partial charge on any atom is 0.0453 e. The van der Waals surface area contributed by atoms with Crippen molar-refractivity contribution in [3.05, 3.63) is 58.9 Å². The summed E-state index contributed by atoms with van der Waals surface area (Å²) in [6, 6.07) is 10.2. The van der Waals surface area contributed by atoms with Crippen molar-refractivity contribution in [2.45, 2.75) is 19.5 Å². The summed E-state index contributed by atoms with van der Waals surface area (Å²) in [6.07, 6.45) is 3.92. The molecule has 0 amide bonds. The van der Waals surface area contributed by atoms with Crippen molar-refractivity contribution >= 4 is 11.6 Å². The van der Waals surface area contributed by atoms with Crippen LogP contribution in [0.1, 0.15) is 24.1 Å². The van der Waals surface area contributed by atoms with E-state index < -0.39 is 0 Å². The zero-order valence-corrected chi connectivity index (χ0v) is 9.96. The molecule has 0 saturated carbocycles. The molecule has 0 spiro atoms. The largest absolute Gasteiger partial charge is 0.367 e. The van der Waals surface area contributed by atoms with Gasteiger partial charge < -0.3 is 10.3 Å². The van der Waals surface area contributed by atoms with E-state index in [-0.39, 0.29) is 6.04 Å². The highest BCUT2D eigenvalue weighted by molar-refractivity contribution is 6.31. The lowest BCUT2D eigenvalue weighted by Gasteiger charge is -2.15. The van der Waals surface area contributed by atoms with Gasteiger partial charge in [-0.05, 0) is 30.2 Å². The smallest absolute Gasteiger partial charge is 0.0453 e. The summed E-state index contributed by atoms with van der Waals surface area (Å²) in [7, 11) is 0. The average Bonchev–Trinajstić information content (AvgIpc) is 2.79. The van der Waals surface area contributed by atoms with Crippen LogP contribution >= 0.6 is 11.6 Å². The number of rotatable bonds is 4. The first-order valence-corrected chi connectivity index (χ1v) is 5.74. The lowest BCUT2D eigenvalue weighted by atomic mass is 10.1. The third-order valence-electron chi connectivity index (χ3n) is 2.65. The van der Waals surface area contributed by atoms with Gasteiger partial charge in [0.2, 0.25) is 0 Å². The van der Waals surface area contributed by atoms with Gasteiger partial charge in [0.05, 0.1) is 0 Å². The van der Waals surface area contributed by atoms with E-state index in [0.717, 1.165) is 17.1 Å². The first-order chi connectivity index (χ1) is 7.77. The highest BCUT2D eigenvalue weighted by Gasteiger charge is 2.07. The third kappa shape index (κ3) is 2.65. The van der Waals surface area contributed by atoms with Crippen molar-refractivity contribution in [1.82, 2.24) is 10.3 Å². The van der Waals surface area contributed by atoms with E-state index in [1.807, 2.05) is 30.6 Å². The Morgan fingerprint density at radius 3 is 2.81 bits per heavy atom. The fourth-order valence-electron chi connectivity index (χ4n) is 1.68. The van der Waals surface area contributed by atoms with Crippen molar-refractivity contribution < 1.29 is 0 Å². The molecule has 0 unspecified atom stereocenters. The van der Waals surface area contributed by atoms with Gasteiger partial charge in [0, 0.05) is 30.0 Å². The molecule has 0 aliphatic rings. The summed E-state index contributed by atoms with van der Waals surface area (Å²) in [5.41, 5.74) is 2.39. The van der Waals surface area contributed by atoms with Crippen LogP contribution < -0.4 is 5.32 Å². The van der Waals surface area contributed by atoms with Gasteiger partial charge in [-0.2, -0.15) is 0 Å². The zero-order valence-electron chi connectivity index (χ0n) is 9.20. The number of aromatic nitrogens is 1. The lowest BCUT2D eigenvalue weighted by Crippen LogP contribution is -2.18. The van der Waals surface area contributed by atoms with Crippen LogP contribution in [0.25, 0.3) is 0 Å². The van der Waals surface area contributed by atoms with E-state index in [4.69, 9.17) is 11.6 Å². The van der Waals surface area contributed by atoms with E-state index in [9.17, 15) is 0 Å². The van der Waals surface area contributed by atoms with E-state index in [1.165, 1.54) is 5.56 Å². The van der Waals surface area contributed by atoms with Gasteiger partial charge in [0.25, 0.3) is 0 Å². The normalized spacial score (nSPS) is 12.6. The number of H-pyrrole nitrogens is 1. The summed E-state index contributed by atoms with van der Waals surface area (Å²) in [4.78, 5) is 3.04. The molecule has 2 aromatic rings. The van der Waals surface area contributed by atoms with Crippen LogP contribution in [0.5, 0.6) is 0 Å². The van der Waals surface area contributed by atoms with Crippen molar-refractivity contribution in [3.63, 3.8) is 0 Å². The average molecular weight is 235 g/mol. The Balaban J connectivity index is 1.98. The van der Waals surface area contributed by atoms with Gasteiger partial charge in [-0.3, -0.25) is 0 Å². The van der Waals surface area contributed by atoms with Crippen LogP contribution in [0.4, 0.5) is 0 Å². The predicted molar refractivity (Wildman–Crippen MR) is 67.5 cm³/mol. The van der Waals surface area contributed by atoms with Crippen LogP contribution in [0, 0.1) is 0 Å². The number of aromatic amines is 1. The SMILES string of the molecule is C[C@H](NCc1cc[nH]c1)c1ccccc1Cl. The van der Waals surface area contributed by atoms with Crippen LogP contribution in [-0.2, 0) is 6.54 Å². The molecule has 84 valence electrons. The molecule has 0 radical (unpaired) electrons. The molecule has 16 heavy (non-hydrogen) atoms. The monoisotopic (exact) mass is 234 g/mol. The van der Waals surface area contributed by atoms with Crippen molar-refractivity contribution in [3.8, 4) is 0 Å². The Labute approximate surface area is 101 Å². The fourth-order valence-corrected chi connectivity index (χ4v) is 1.97. The Bertz CT molecular complexity index is 437. The van der Waals surface area contributed by atoms with E-state index >= 15 is 0 Å². The highest BCUT2D eigenvalue weighted by atomic mass is 35.5. The quantitative estimate of drug-likeness (QED) is 0.833. The molecule has 1 aromatic carbocycles. The predicted octanol–water partition coefficient (Wildman–Crippen LogP) is 3.52. The molecule has 2 rings (SSSR count). The highest BCUT2D eigenvalue weighted by Crippen LogP contribution is 2.22. The molecule has 0 fully saturated rings. The number of nitrogens with one attached hydrogen (secondary N) is 2. The van der Waals surface area contributed by atoms with E-state index in [2.05, 4.69) is 29.4 Å². The van der Waals surface area contributed by atoms with Gasteiger partial charge in [0.1, 0.15) is 0 Å². The van der Waals surface area contributed by atoms with Gasteiger partial charge in [-0.1, -0.05) is 29.8 Å². The summed E-state index contributed by atoms with van der Waals surface area (Å²) in [6.45, 7) is 2.96. The summed E-state index contributed by atoms with van der Waals surface area (Å²) in [5, 5.41) is 4.25. The number of benzene rings is 1. The molecule has 2 N–H and O–H groups in total. The molecule has 0 aliphatic carbocycles. The summed E-state index contributed by atoms with van der Waals surface area (Å²) in [5.74, 6) is 0. The Kier molecular flexibility index (Phi) is 3.65. The molecule has 1 atom stereocenters. The molecule has 0 aliphatic heterocycles. The maximum atomic E-state index is 6.13. The zero-order chi connectivity index (χ0) is 11.4. The van der Waals surface area contributed by atoms with Gasteiger partial charge in [-0.15, -0.1) is 0 Å². The first kappa shape index (κ1) is 11.2. The summed E-state index contributed by atoms with van der Waals surface area (Å²) < 4.78 is 0. The molecule has 2 nitrogen and oxygen atoms in total. The van der Waals surface area contributed by atoms with Gasteiger partial charge >= 0.3 is 0 Å². The minimum atomic E-state index is 0.253. The Hall–Kier alpha value is -1.25. The lowest BCUT2D eigenvalue weighted by molar-refractivity contribution is 0.575. The fraction of sp³-hybridized carbons (Fsp3) is 0.231. The minimum Gasteiger partial charge on any atom is -0.367 e. The molecule has 1 aromatic heterocycles. The van der Waals surface area contributed by atoms with E-state index in [1.54, 1.807) is 0 Å². The number of hydrogen-bond acceptors (Lipinski definition) is 1. The molecule has 1 heterocycles. The van der Waals surface area contributed by atoms with Crippen molar-refractivity contribution in [1.29, 1.82) is 0 Å². The topological polar surface area (TPSA) is 27.8 Å².